The van der Waals surface area contributed by atoms with Crippen LogP contribution < -0.4 is 10.2 Å². The first-order valence-electron chi connectivity index (χ1n) is 8.01. The van der Waals surface area contributed by atoms with Crippen molar-refractivity contribution in [3.05, 3.63) is 64.7 Å². The summed E-state index contributed by atoms with van der Waals surface area (Å²) in [5.74, 6) is 0.877. The van der Waals surface area contributed by atoms with Crippen molar-refractivity contribution in [2.45, 2.75) is 26.3 Å². The molecule has 1 aliphatic rings. The normalized spacial score (nSPS) is 14.2. The fourth-order valence-electron chi connectivity index (χ4n) is 2.96. The maximum absolute atomic E-state index is 12.4. The van der Waals surface area contributed by atoms with E-state index in [9.17, 15) is 4.79 Å². The first-order chi connectivity index (χ1) is 11.2. The molecule has 23 heavy (non-hydrogen) atoms. The molecule has 0 radical (unpaired) electrons. The Morgan fingerprint density at radius 3 is 2.70 bits per heavy atom. The summed E-state index contributed by atoms with van der Waals surface area (Å²) in [7, 11) is 1.70. The lowest BCUT2D eigenvalue weighted by Crippen LogP contribution is -2.45. The van der Waals surface area contributed by atoms with Crippen LogP contribution in [0.4, 0.5) is 0 Å². The zero-order valence-electron chi connectivity index (χ0n) is 13.6. The van der Waals surface area contributed by atoms with Crippen LogP contribution in [0.3, 0.4) is 0 Å². The lowest BCUT2D eigenvalue weighted by atomic mass is 9.99. The van der Waals surface area contributed by atoms with Gasteiger partial charge in [-0.25, -0.2) is 5.01 Å². The van der Waals surface area contributed by atoms with E-state index in [1.54, 1.807) is 7.11 Å². The van der Waals surface area contributed by atoms with Crippen molar-refractivity contribution < 1.29 is 9.53 Å². The summed E-state index contributed by atoms with van der Waals surface area (Å²) >= 11 is 0. The predicted octanol–water partition coefficient (Wildman–Crippen LogP) is 2.96. The minimum absolute atomic E-state index is 0.0565. The maximum atomic E-state index is 12.4. The summed E-state index contributed by atoms with van der Waals surface area (Å²) in [6.45, 7) is 3.59. The molecule has 1 heterocycles. The van der Waals surface area contributed by atoms with Gasteiger partial charge in [0, 0.05) is 24.2 Å². The zero-order valence-corrected chi connectivity index (χ0v) is 13.6. The molecule has 0 atom stereocenters. The molecule has 2 aromatic rings. The van der Waals surface area contributed by atoms with Crippen molar-refractivity contribution in [1.82, 2.24) is 10.4 Å². The van der Waals surface area contributed by atoms with Crippen LogP contribution in [-0.4, -0.2) is 24.6 Å². The van der Waals surface area contributed by atoms with Crippen LogP contribution in [0.15, 0.2) is 42.5 Å². The molecular formula is C19H22N2O2. The highest BCUT2D eigenvalue weighted by molar-refractivity contribution is 5.93. The first kappa shape index (κ1) is 15.6. The molecule has 0 spiro atoms. The highest BCUT2D eigenvalue weighted by Gasteiger charge is 2.20. The molecule has 0 unspecified atom stereocenters. The van der Waals surface area contributed by atoms with Crippen LogP contribution in [0, 0.1) is 0 Å². The molecular weight excluding hydrogens is 288 g/mol. The van der Waals surface area contributed by atoms with Crippen molar-refractivity contribution in [3.8, 4) is 5.75 Å². The summed E-state index contributed by atoms with van der Waals surface area (Å²) in [5.41, 5.74) is 7.38. The molecule has 120 valence electrons. The number of rotatable bonds is 4. The van der Waals surface area contributed by atoms with Gasteiger partial charge < -0.3 is 4.74 Å². The Hall–Kier alpha value is -2.33. The molecule has 0 bridgehead atoms. The van der Waals surface area contributed by atoms with Crippen LogP contribution in [0.25, 0.3) is 0 Å². The summed E-state index contributed by atoms with van der Waals surface area (Å²) in [6, 6.07) is 13.8. The van der Waals surface area contributed by atoms with Crippen LogP contribution in [0.2, 0.25) is 0 Å². The molecule has 0 fully saturated rings. The van der Waals surface area contributed by atoms with Gasteiger partial charge in [-0.1, -0.05) is 31.2 Å². The van der Waals surface area contributed by atoms with E-state index in [0.29, 0.717) is 12.1 Å². The SMILES string of the molecule is CCc1ccc(C(=O)NN2CCc3c(cccc3OC)C2)cc1. The number of aryl methyl sites for hydroxylation is 1. The Bertz CT molecular complexity index is 695. The smallest absolute Gasteiger partial charge is 0.265 e. The van der Waals surface area contributed by atoms with Crippen LogP contribution in [-0.2, 0) is 19.4 Å². The van der Waals surface area contributed by atoms with Crippen LogP contribution in [0.1, 0.15) is 34.0 Å². The van der Waals surface area contributed by atoms with Crippen molar-refractivity contribution in [3.63, 3.8) is 0 Å². The minimum Gasteiger partial charge on any atom is -0.496 e. The number of carbonyl (C=O) groups excluding carboxylic acids is 1. The fraction of sp³-hybridized carbons (Fsp3) is 0.316. The first-order valence-corrected chi connectivity index (χ1v) is 8.01. The van der Waals surface area contributed by atoms with Gasteiger partial charge in [0.2, 0.25) is 0 Å². The van der Waals surface area contributed by atoms with E-state index in [1.165, 1.54) is 16.7 Å². The second-order valence-electron chi connectivity index (χ2n) is 5.76. The average Bonchev–Trinajstić information content (AvgIpc) is 2.61. The number of amides is 1. The molecule has 0 aromatic heterocycles. The van der Waals surface area contributed by atoms with E-state index < -0.39 is 0 Å². The average molecular weight is 310 g/mol. The summed E-state index contributed by atoms with van der Waals surface area (Å²) in [6.07, 6.45) is 1.85. The minimum atomic E-state index is -0.0565. The largest absolute Gasteiger partial charge is 0.496 e. The monoisotopic (exact) mass is 310 g/mol. The standard InChI is InChI=1S/C19H22N2O2/c1-3-14-7-9-15(10-8-14)19(22)20-21-12-11-17-16(13-21)5-4-6-18(17)23-2/h4-10H,3,11-13H2,1-2H3,(H,20,22). The third kappa shape index (κ3) is 3.37. The summed E-state index contributed by atoms with van der Waals surface area (Å²) in [4.78, 5) is 12.4. The predicted molar refractivity (Wildman–Crippen MR) is 90.4 cm³/mol. The van der Waals surface area contributed by atoms with Gasteiger partial charge in [-0.05, 0) is 42.2 Å². The molecule has 4 nitrogen and oxygen atoms in total. The third-order valence-electron chi connectivity index (χ3n) is 4.33. The van der Waals surface area contributed by atoms with Crippen LogP contribution in [0.5, 0.6) is 5.75 Å². The zero-order chi connectivity index (χ0) is 16.2. The second kappa shape index (κ2) is 6.84. The van der Waals surface area contributed by atoms with Gasteiger partial charge in [0.1, 0.15) is 5.75 Å². The third-order valence-corrected chi connectivity index (χ3v) is 4.33. The van der Waals surface area contributed by atoms with E-state index in [0.717, 1.165) is 25.1 Å². The topological polar surface area (TPSA) is 41.6 Å². The molecule has 1 N–H and O–H groups in total. The lowest BCUT2D eigenvalue weighted by molar-refractivity contribution is 0.0763. The van der Waals surface area contributed by atoms with Gasteiger partial charge in [0.15, 0.2) is 0 Å². The van der Waals surface area contributed by atoms with Crippen molar-refractivity contribution >= 4 is 5.91 Å². The van der Waals surface area contributed by atoms with Gasteiger partial charge in [0.05, 0.1) is 7.11 Å². The molecule has 0 aliphatic carbocycles. The van der Waals surface area contributed by atoms with Crippen molar-refractivity contribution in [2.75, 3.05) is 13.7 Å². The molecule has 2 aromatic carbocycles. The number of carbonyl (C=O) groups is 1. The summed E-state index contributed by atoms with van der Waals surface area (Å²) in [5, 5.41) is 1.97. The Morgan fingerprint density at radius 1 is 1.22 bits per heavy atom. The van der Waals surface area contributed by atoms with E-state index in [1.807, 2.05) is 41.4 Å². The number of nitrogens with zero attached hydrogens (tertiary/aromatic N) is 1. The molecule has 0 saturated heterocycles. The lowest BCUT2D eigenvalue weighted by Gasteiger charge is -2.29. The quantitative estimate of drug-likeness (QED) is 0.944. The Labute approximate surface area is 137 Å². The molecule has 3 rings (SSSR count). The highest BCUT2D eigenvalue weighted by atomic mass is 16.5. The molecule has 1 amide bonds. The number of nitrogens with one attached hydrogen (secondary N) is 1. The molecule has 0 saturated carbocycles. The fourth-order valence-corrected chi connectivity index (χ4v) is 2.96. The van der Waals surface area contributed by atoms with Gasteiger partial charge in [-0.15, -0.1) is 0 Å². The Kier molecular flexibility index (Phi) is 4.63. The number of methoxy groups -OCH3 is 1. The Morgan fingerprint density at radius 2 is 2.00 bits per heavy atom. The number of hydrazine groups is 1. The van der Waals surface area contributed by atoms with E-state index in [-0.39, 0.29) is 5.91 Å². The molecule has 1 aliphatic heterocycles. The van der Waals surface area contributed by atoms with Gasteiger partial charge in [-0.2, -0.15) is 0 Å². The maximum Gasteiger partial charge on any atom is 0.265 e. The van der Waals surface area contributed by atoms with Crippen molar-refractivity contribution in [1.29, 1.82) is 0 Å². The number of ether oxygens (including phenoxy) is 1. The van der Waals surface area contributed by atoms with Crippen molar-refractivity contribution in [2.24, 2.45) is 0 Å². The van der Waals surface area contributed by atoms with Gasteiger partial charge in [-0.3, -0.25) is 10.2 Å². The number of hydrogen-bond donors (Lipinski definition) is 1. The molecule has 4 heteroatoms. The summed E-state index contributed by atoms with van der Waals surface area (Å²) < 4.78 is 5.41. The van der Waals surface area contributed by atoms with E-state index >= 15 is 0 Å². The number of hydrogen-bond acceptors (Lipinski definition) is 3. The van der Waals surface area contributed by atoms with Crippen LogP contribution >= 0.6 is 0 Å². The second-order valence-corrected chi connectivity index (χ2v) is 5.76. The van der Waals surface area contributed by atoms with E-state index in [2.05, 4.69) is 18.4 Å². The number of benzene rings is 2. The van der Waals surface area contributed by atoms with Gasteiger partial charge in [0.25, 0.3) is 5.91 Å². The van der Waals surface area contributed by atoms with E-state index in [4.69, 9.17) is 4.74 Å². The van der Waals surface area contributed by atoms with Gasteiger partial charge >= 0.3 is 0 Å². The highest BCUT2D eigenvalue weighted by Crippen LogP contribution is 2.27. The Balaban J connectivity index is 1.68. The number of fused-ring (bicyclic) bond motifs is 1.